The van der Waals surface area contributed by atoms with E-state index >= 15 is 0 Å². The monoisotopic (exact) mass is 354 g/mol. The van der Waals surface area contributed by atoms with E-state index in [9.17, 15) is 14.7 Å². The van der Waals surface area contributed by atoms with Gasteiger partial charge in [-0.2, -0.15) is 0 Å². The van der Waals surface area contributed by atoms with Crippen LogP contribution >= 0.6 is 0 Å². The summed E-state index contributed by atoms with van der Waals surface area (Å²) < 4.78 is 5.35. The summed E-state index contributed by atoms with van der Waals surface area (Å²) in [5.74, 6) is -0.212. The number of aliphatic hydroxyl groups is 1. The summed E-state index contributed by atoms with van der Waals surface area (Å²) in [5.41, 5.74) is 1.75. The molecule has 0 bridgehead atoms. The summed E-state index contributed by atoms with van der Waals surface area (Å²) in [6, 6.07) is 17.9. The fourth-order valence-corrected chi connectivity index (χ4v) is 3.07. The Kier molecular flexibility index (Phi) is 5.53. The highest BCUT2D eigenvalue weighted by molar-refractivity contribution is 5.87. The Morgan fingerprint density at radius 2 is 1.65 bits per heavy atom. The van der Waals surface area contributed by atoms with Crippen molar-refractivity contribution in [2.45, 2.75) is 25.3 Å². The minimum Gasteiger partial charge on any atom is -0.444 e. The maximum atomic E-state index is 12.6. The first-order valence-corrected chi connectivity index (χ1v) is 8.52. The predicted octanol–water partition coefficient (Wildman–Crippen LogP) is 2.03. The first-order chi connectivity index (χ1) is 12.6. The molecule has 2 aromatic carbocycles. The molecule has 6 heteroatoms. The molecule has 1 heterocycles. The summed E-state index contributed by atoms with van der Waals surface area (Å²) in [5, 5.41) is 10.4. The van der Waals surface area contributed by atoms with E-state index in [0.29, 0.717) is 6.42 Å². The molecule has 2 aromatic rings. The molecule has 0 aliphatic carbocycles. The second-order valence-electron chi connectivity index (χ2n) is 6.35. The number of hydrogen-bond donors (Lipinski definition) is 1. The van der Waals surface area contributed by atoms with E-state index in [4.69, 9.17) is 4.74 Å². The minimum absolute atomic E-state index is 0.0601. The van der Waals surface area contributed by atoms with Crippen LogP contribution in [-0.2, 0) is 22.6 Å². The van der Waals surface area contributed by atoms with E-state index in [2.05, 4.69) is 0 Å². The van der Waals surface area contributed by atoms with E-state index in [0.717, 1.165) is 16.0 Å². The lowest BCUT2D eigenvalue weighted by Gasteiger charge is -2.41. The summed E-state index contributed by atoms with van der Waals surface area (Å²) in [6.45, 7) is 0.148. The van der Waals surface area contributed by atoms with Crippen molar-refractivity contribution < 1.29 is 19.4 Å². The quantitative estimate of drug-likeness (QED) is 0.912. The van der Waals surface area contributed by atoms with E-state index in [1.54, 1.807) is 7.05 Å². The third kappa shape index (κ3) is 4.03. The molecule has 26 heavy (non-hydrogen) atoms. The van der Waals surface area contributed by atoms with Crippen molar-refractivity contribution in [3.8, 4) is 0 Å². The molecule has 1 N–H and O–H groups in total. The summed E-state index contributed by atoms with van der Waals surface area (Å²) >= 11 is 0. The molecule has 6 nitrogen and oxygen atoms in total. The average Bonchev–Trinajstić information content (AvgIpc) is 2.66. The molecule has 0 saturated carbocycles. The van der Waals surface area contributed by atoms with Gasteiger partial charge in [-0.05, 0) is 11.1 Å². The van der Waals surface area contributed by atoms with Crippen LogP contribution in [-0.4, -0.2) is 52.8 Å². The van der Waals surface area contributed by atoms with Gasteiger partial charge in [-0.25, -0.2) is 4.79 Å². The Bertz CT molecular complexity index is 751. The Morgan fingerprint density at radius 1 is 1.08 bits per heavy atom. The van der Waals surface area contributed by atoms with Crippen LogP contribution in [0.25, 0.3) is 0 Å². The number of nitrogens with zero attached hydrogens (tertiary/aromatic N) is 2. The highest BCUT2D eigenvalue weighted by atomic mass is 16.6. The van der Waals surface area contributed by atoms with Crippen LogP contribution in [0.1, 0.15) is 11.1 Å². The molecule has 3 rings (SSSR count). The Balaban J connectivity index is 1.76. The Hall–Kier alpha value is -2.86. The number of carbonyl (C=O) groups excluding carboxylic acids is 2. The molecular weight excluding hydrogens is 332 g/mol. The van der Waals surface area contributed by atoms with Crippen molar-refractivity contribution in [3.05, 3.63) is 71.8 Å². The molecule has 0 aromatic heterocycles. The topological polar surface area (TPSA) is 70.1 Å². The first-order valence-electron chi connectivity index (χ1n) is 8.52. The molecule has 0 spiro atoms. The molecule has 136 valence electrons. The van der Waals surface area contributed by atoms with E-state index in [-0.39, 0.29) is 19.1 Å². The predicted molar refractivity (Wildman–Crippen MR) is 96.0 cm³/mol. The molecule has 1 aliphatic rings. The van der Waals surface area contributed by atoms with Gasteiger partial charge in [0.1, 0.15) is 12.6 Å². The Labute approximate surface area is 152 Å². The highest BCUT2D eigenvalue weighted by Gasteiger charge is 2.42. The average molecular weight is 354 g/mol. The lowest BCUT2D eigenvalue weighted by molar-refractivity contribution is -0.152. The van der Waals surface area contributed by atoms with E-state index < -0.39 is 18.4 Å². The Morgan fingerprint density at radius 3 is 2.27 bits per heavy atom. The van der Waals surface area contributed by atoms with Gasteiger partial charge in [0.05, 0.1) is 6.54 Å². The number of β-amino-alcohol motifs (C(OH)–C–C–N with tert-alkyl or cyclic N) is 1. The van der Waals surface area contributed by atoms with E-state index in [1.807, 2.05) is 60.7 Å². The molecular formula is C20H22N2O4. The molecule has 2 amide bonds. The molecule has 1 aliphatic heterocycles. The lowest BCUT2D eigenvalue weighted by atomic mass is 10.0. The summed E-state index contributed by atoms with van der Waals surface area (Å²) in [7, 11) is 1.62. The van der Waals surface area contributed by atoms with Gasteiger partial charge in [-0.3, -0.25) is 9.69 Å². The van der Waals surface area contributed by atoms with Gasteiger partial charge in [-0.1, -0.05) is 60.7 Å². The number of rotatable bonds is 4. The van der Waals surface area contributed by atoms with Crippen molar-refractivity contribution >= 4 is 12.0 Å². The zero-order chi connectivity index (χ0) is 18.5. The van der Waals surface area contributed by atoms with Crippen molar-refractivity contribution in [2.75, 3.05) is 13.6 Å². The minimum atomic E-state index is -1.10. The van der Waals surface area contributed by atoms with Gasteiger partial charge in [0.15, 0.2) is 6.23 Å². The van der Waals surface area contributed by atoms with Crippen molar-refractivity contribution in [2.24, 2.45) is 0 Å². The second kappa shape index (κ2) is 8.01. The van der Waals surface area contributed by atoms with E-state index in [1.165, 1.54) is 4.90 Å². The van der Waals surface area contributed by atoms with Gasteiger partial charge in [0.25, 0.3) is 0 Å². The molecule has 1 saturated heterocycles. The zero-order valence-corrected chi connectivity index (χ0v) is 14.6. The maximum Gasteiger partial charge on any atom is 0.412 e. The second-order valence-corrected chi connectivity index (χ2v) is 6.35. The molecule has 1 fully saturated rings. The first kappa shape index (κ1) is 17.9. The number of ether oxygens (including phenoxy) is 1. The number of piperazine rings is 1. The molecule has 0 radical (unpaired) electrons. The maximum absolute atomic E-state index is 12.6. The third-order valence-corrected chi connectivity index (χ3v) is 4.44. The number of aliphatic hydroxyl groups excluding tert-OH is 1. The van der Waals surface area contributed by atoms with Crippen LogP contribution in [0.5, 0.6) is 0 Å². The highest BCUT2D eigenvalue weighted by Crippen LogP contribution is 2.20. The van der Waals surface area contributed by atoms with Crippen LogP contribution in [0.2, 0.25) is 0 Å². The van der Waals surface area contributed by atoms with Crippen LogP contribution in [0.15, 0.2) is 60.7 Å². The largest absolute Gasteiger partial charge is 0.444 e. The van der Waals surface area contributed by atoms with Crippen LogP contribution in [0.4, 0.5) is 4.79 Å². The number of likely N-dealkylation sites (N-methyl/N-ethyl adjacent to an activating group) is 1. The number of benzene rings is 2. The zero-order valence-electron chi connectivity index (χ0n) is 14.6. The number of hydrogen-bond acceptors (Lipinski definition) is 4. The van der Waals surface area contributed by atoms with Crippen LogP contribution < -0.4 is 0 Å². The summed E-state index contributed by atoms with van der Waals surface area (Å²) in [4.78, 5) is 27.8. The van der Waals surface area contributed by atoms with Crippen LogP contribution in [0.3, 0.4) is 0 Å². The lowest BCUT2D eigenvalue weighted by Crippen LogP contribution is -2.63. The summed E-state index contributed by atoms with van der Waals surface area (Å²) in [6.07, 6.45) is -1.47. The number of carbonyl (C=O) groups is 2. The smallest absolute Gasteiger partial charge is 0.412 e. The van der Waals surface area contributed by atoms with Gasteiger partial charge >= 0.3 is 6.09 Å². The van der Waals surface area contributed by atoms with Crippen LogP contribution in [0, 0.1) is 0 Å². The van der Waals surface area contributed by atoms with Gasteiger partial charge in [0.2, 0.25) is 5.91 Å². The normalized spacial score (nSPS) is 20.2. The van der Waals surface area contributed by atoms with Gasteiger partial charge in [-0.15, -0.1) is 0 Å². The standard InChI is InChI=1S/C20H22N2O4/c1-21-13-18(23)22(20(25)26-14-16-10-6-3-7-11-16)17(19(21)24)12-15-8-4-2-5-9-15/h2-11,17-18,23H,12-14H2,1H3/t17-,18?/m0/s1. The SMILES string of the molecule is CN1CC(O)N(C(=O)OCc2ccccc2)[C@@H](Cc2ccccc2)C1=O. The molecule has 2 atom stereocenters. The fraction of sp³-hybridized carbons (Fsp3) is 0.300. The van der Waals surface area contributed by atoms with Gasteiger partial charge in [0, 0.05) is 13.5 Å². The van der Waals surface area contributed by atoms with Crippen molar-refractivity contribution in [1.29, 1.82) is 0 Å². The van der Waals surface area contributed by atoms with Crippen molar-refractivity contribution in [3.63, 3.8) is 0 Å². The fourth-order valence-electron chi connectivity index (χ4n) is 3.07. The van der Waals surface area contributed by atoms with Crippen molar-refractivity contribution in [1.82, 2.24) is 9.80 Å². The van der Waals surface area contributed by atoms with Gasteiger partial charge < -0.3 is 14.7 Å². The molecule has 1 unspecified atom stereocenters. The number of amides is 2. The third-order valence-electron chi connectivity index (χ3n) is 4.44.